The van der Waals surface area contributed by atoms with Gasteiger partial charge >= 0.3 is 12.2 Å². The molecule has 9 nitrogen and oxygen atoms in total. The van der Waals surface area contributed by atoms with Crippen LogP contribution >= 0.6 is 0 Å². The van der Waals surface area contributed by atoms with E-state index < -0.39 is 47.9 Å². The number of halogens is 3. The number of alkyl halides is 3. The number of amides is 4. The first-order valence-electron chi connectivity index (χ1n) is 12.2. The van der Waals surface area contributed by atoms with E-state index in [-0.39, 0.29) is 18.1 Å². The first-order chi connectivity index (χ1) is 17.6. The lowest BCUT2D eigenvalue weighted by Crippen LogP contribution is -2.71. The van der Waals surface area contributed by atoms with Gasteiger partial charge in [-0.05, 0) is 55.0 Å². The lowest BCUT2D eigenvalue weighted by Gasteiger charge is -2.46. The molecular formula is C25H29F3N6O3. The van der Waals surface area contributed by atoms with Crippen molar-refractivity contribution in [2.75, 3.05) is 17.7 Å². The number of likely N-dealkylation sites (tertiary alicyclic amines) is 1. The quantitative estimate of drug-likeness (QED) is 0.566. The lowest BCUT2D eigenvalue weighted by atomic mass is 9.81. The number of β-lactam (4-membered cyclic amide) rings is 1. The van der Waals surface area contributed by atoms with E-state index in [1.807, 2.05) is 5.32 Å². The maximum Gasteiger partial charge on any atom is 0.408 e. The number of pyridine rings is 2. The Labute approximate surface area is 212 Å². The zero-order valence-electron chi connectivity index (χ0n) is 20.3. The van der Waals surface area contributed by atoms with Crippen molar-refractivity contribution < 1.29 is 27.6 Å². The molecule has 3 N–H and O–H groups in total. The molecule has 4 rings (SSSR count). The van der Waals surface area contributed by atoms with Gasteiger partial charge in [-0.15, -0.1) is 0 Å². The lowest BCUT2D eigenvalue weighted by molar-refractivity contribution is -0.170. The van der Waals surface area contributed by atoms with Crippen LogP contribution in [0, 0.1) is 11.8 Å². The van der Waals surface area contributed by atoms with Crippen molar-refractivity contribution in [2.24, 2.45) is 11.8 Å². The highest BCUT2D eigenvalue weighted by Crippen LogP contribution is 2.37. The molecule has 2 aliphatic rings. The molecule has 2 fully saturated rings. The van der Waals surface area contributed by atoms with Gasteiger partial charge in [0.2, 0.25) is 5.91 Å². The molecule has 3 atom stereocenters. The first kappa shape index (κ1) is 26.4. The van der Waals surface area contributed by atoms with Gasteiger partial charge in [-0.3, -0.25) is 19.4 Å². The van der Waals surface area contributed by atoms with Crippen molar-refractivity contribution in [1.82, 2.24) is 20.2 Å². The first-order valence-corrected chi connectivity index (χ1v) is 12.2. The topological polar surface area (TPSA) is 122 Å². The van der Waals surface area contributed by atoms with E-state index in [0.29, 0.717) is 36.1 Å². The summed E-state index contributed by atoms with van der Waals surface area (Å²) in [4.78, 5) is 49.6. The Kier molecular flexibility index (Phi) is 7.65. The number of hydrogen-bond acceptors (Lipinski definition) is 6. The second-order valence-corrected chi connectivity index (χ2v) is 9.50. The molecule has 198 valence electrons. The highest BCUT2D eigenvalue weighted by atomic mass is 19.4. The maximum absolute atomic E-state index is 13.9. The monoisotopic (exact) mass is 518 g/mol. The minimum atomic E-state index is -4.69. The third kappa shape index (κ3) is 5.67. The molecule has 3 heterocycles. The van der Waals surface area contributed by atoms with Gasteiger partial charge < -0.3 is 11.1 Å². The molecule has 1 saturated carbocycles. The number of urea groups is 1. The summed E-state index contributed by atoms with van der Waals surface area (Å²) in [6.45, 7) is 0. The molecule has 1 aliphatic heterocycles. The van der Waals surface area contributed by atoms with Gasteiger partial charge in [0.05, 0.1) is 5.92 Å². The van der Waals surface area contributed by atoms with E-state index in [0.717, 1.165) is 6.42 Å². The number of nitrogen functional groups attached to an aromatic ring is 1. The molecule has 0 bridgehead atoms. The third-order valence-corrected chi connectivity index (χ3v) is 7.06. The predicted octanol–water partition coefficient (Wildman–Crippen LogP) is 3.31. The molecule has 1 aliphatic carbocycles. The van der Waals surface area contributed by atoms with Crippen molar-refractivity contribution >= 4 is 29.5 Å². The van der Waals surface area contributed by atoms with Crippen LogP contribution in [-0.2, 0) is 16.0 Å². The summed E-state index contributed by atoms with van der Waals surface area (Å²) in [5.74, 6) is -2.63. The average Bonchev–Trinajstić information content (AvgIpc) is 2.88. The van der Waals surface area contributed by atoms with E-state index >= 15 is 0 Å². The van der Waals surface area contributed by atoms with Crippen molar-refractivity contribution in [2.45, 2.75) is 56.8 Å². The summed E-state index contributed by atoms with van der Waals surface area (Å²) < 4.78 is 41.8. The number of rotatable bonds is 6. The number of hydrogen-bond donors (Lipinski definition) is 2. The van der Waals surface area contributed by atoms with E-state index in [1.54, 1.807) is 30.3 Å². The Morgan fingerprint density at radius 2 is 1.89 bits per heavy atom. The second-order valence-electron chi connectivity index (χ2n) is 9.50. The molecule has 4 amide bonds. The van der Waals surface area contributed by atoms with Gasteiger partial charge in [0.1, 0.15) is 23.7 Å². The number of carbonyl (C=O) groups excluding carboxylic acids is 3. The van der Waals surface area contributed by atoms with Crippen molar-refractivity contribution in [1.29, 1.82) is 0 Å². The molecule has 1 saturated heterocycles. The summed E-state index contributed by atoms with van der Waals surface area (Å²) in [5.41, 5.74) is 6.34. The fourth-order valence-corrected chi connectivity index (χ4v) is 5.13. The smallest absolute Gasteiger partial charge is 0.384 e. The van der Waals surface area contributed by atoms with Gasteiger partial charge in [-0.25, -0.2) is 14.8 Å². The molecule has 2 aromatic rings. The summed E-state index contributed by atoms with van der Waals surface area (Å²) >= 11 is 0. The molecule has 0 spiro atoms. The van der Waals surface area contributed by atoms with Crippen LogP contribution in [-0.4, -0.2) is 58.0 Å². The zero-order chi connectivity index (χ0) is 26.7. The molecular weight excluding hydrogens is 489 g/mol. The van der Waals surface area contributed by atoms with E-state index in [2.05, 4.69) is 9.97 Å². The highest BCUT2D eigenvalue weighted by Gasteiger charge is 2.57. The Morgan fingerprint density at radius 1 is 1.16 bits per heavy atom. The molecule has 0 radical (unpaired) electrons. The normalized spacial score (nSPS) is 21.2. The van der Waals surface area contributed by atoms with Crippen LogP contribution in [0.15, 0.2) is 42.7 Å². The second kappa shape index (κ2) is 10.7. The molecule has 37 heavy (non-hydrogen) atoms. The Balaban J connectivity index is 1.60. The molecule has 12 heteroatoms. The number of likely N-dealkylation sites (N-methyl/N-ethyl adjacent to an activating group) is 1. The Hall–Kier alpha value is -3.70. The van der Waals surface area contributed by atoms with Crippen LogP contribution in [0.25, 0.3) is 0 Å². The van der Waals surface area contributed by atoms with E-state index in [9.17, 15) is 27.6 Å². The third-order valence-electron chi connectivity index (χ3n) is 7.06. The Morgan fingerprint density at radius 3 is 2.51 bits per heavy atom. The van der Waals surface area contributed by atoms with Gasteiger partial charge in [0.25, 0.3) is 5.91 Å². The number of carbonyl (C=O) groups is 3. The van der Waals surface area contributed by atoms with Crippen molar-refractivity contribution in [3.8, 4) is 0 Å². The zero-order valence-corrected chi connectivity index (χ0v) is 20.3. The SMILES string of the molecule is CN(C(=O)[C@@H]1C(Cc2ccnc(N)c2)C(=O)N1C(=O)N[C@@H](C1CCCCC1)C(F)(F)F)c1ccccn1. The van der Waals surface area contributed by atoms with Gasteiger partial charge in [0, 0.05) is 19.4 Å². The number of nitrogens with one attached hydrogen (secondary N) is 1. The van der Waals surface area contributed by atoms with Gasteiger partial charge in [-0.2, -0.15) is 13.2 Å². The molecule has 2 aromatic heterocycles. The van der Waals surface area contributed by atoms with Crippen LogP contribution in [0.3, 0.4) is 0 Å². The molecule has 0 aromatic carbocycles. The fourth-order valence-electron chi connectivity index (χ4n) is 5.13. The summed E-state index contributed by atoms with van der Waals surface area (Å²) in [7, 11) is 1.44. The number of nitrogens with zero attached hydrogens (tertiary/aromatic N) is 4. The largest absolute Gasteiger partial charge is 0.408 e. The van der Waals surface area contributed by atoms with Crippen LogP contribution < -0.4 is 16.0 Å². The summed E-state index contributed by atoms with van der Waals surface area (Å²) in [6.07, 6.45) is 1.09. The fraction of sp³-hybridized carbons (Fsp3) is 0.480. The number of imide groups is 1. The van der Waals surface area contributed by atoms with Gasteiger partial charge in [0.15, 0.2) is 0 Å². The molecule has 1 unspecified atom stereocenters. The van der Waals surface area contributed by atoms with Crippen LogP contribution in [0.4, 0.5) is 29.6 Å². The van der Waals surface area contributed by atoms with E-state index in [1.165, 1.54) is 24.3 Å². The minimum absolute atomic E-state index is 0.0626. The standard InChI is InChI=1S/C25H29F3N6O3/c1-33(19-9-5-6-11-31-19)23(36)20-17(13-15-10-12-30-18(29)14-15)22(35)34(20)24(37)32-21(25(26,27)28)16-7-3-2-4-8-16/h5-6,9-12,14,16-17,20-21H,2-4,7-8,13H2,1H3,(H2,29,30)(H,32,37)/t17?,20-,21-/m0/s1. The predicted molar refractivity (Wildman–Crippen MR) is 129 cm³/mol. The van der Waals surface area contributed by atoms with Crippen LogP contribution in [0.1, 0.15) is 37.7 Å². The maximum atomic E-state index is 13.9. The highest BCUT2D eigenvalue weighted by molar-refractivity contribution is 6.12. The van der Waals surface area contributed by atoms with E-state index in [4.69, 9.17) is 5.73 Å². The Bertz CT molecular complexity index is 1140. The van der Waals surface area contributed by atoms with Crippen molar-refractivity contribution in [3.63, 3.8) is 0 Å². The number of anilines is 2. The van der Waals surface area contributed by atoms with Gasteiger partial charge in [-0.1, -0.05) is 25.3 Å². The van der Waals surface area contributed by atoms with Crippen LogP contribution in [0.5, 0.6) is 0 Å². The van der Waals surface area contributed by atoms with Crippen molar-refractivity contribution in [3.05, 3.63) is 48.3 Å². The van der Waals surface area contributed by atoms with Crippen LogP contribution in [0.2, 0.25) is 0 Å². The number of nitrogens with two attached hydrogens (primary N) is 1. The minimum Gasteiger partial charge on any atom is -0.384 e. The number of aromatic nitrogens is 2. The summed E-state index contributed by atoms with van der Waals surface area (Å²) in [5, 5.41) is 2.04. The average molecular weight is 519 g/mol. The summed E-state index contributed by atoms with van der Waals surface area (Å²) in [6, 6.07) is 3.43.